The Hall–Kier alpha value is -0.770. The van der Waals surface area contributed by atoms with Crippen molar-refractivity contribution in [3.8, 4) is 5.75 Å². The van der Waals surface area contributed by atoms with Gasteiger partial charge in [0.1, 0.15) is 5.75 Å². The minimum atomic E-state index is 0.238. The lowest BCUT2D eigenvalue weighted by atomic mass is 10.1. The van der Waals surface area contributed by atoms with Gasteiger partial charge in [0.2, 0.25) is 0 Å². The van der Waals surface area contributed by atoms with E-state index in [0.29, 0.717) is 30.2 Å². The molecule has 3 nitrogen and oxygen atoms in total. The molecule has 0 atom stereocenters. The molecule has 0 unspecified atom stereocenters. The standard InChI is InChI=1S/C10H14ClNO2/c1-14-6-8-5-9(11)4-7(2-3-12)10(8)13/h4-5,13H,2-3,6,12H2,1H3. The van der Waals surface area contributed by atoms with Gasteiger partial charge in [-0.15, -0.1) is 0 Å². The Kier molecular flexibility index (Phi) is 4.20. The quantitative estimate of drug-likeness (QED) is 0.804. The van der Waals surface area contributed by atoms with E-state index in [0.717, 1.165) is 5.56 Å². The van der Waals surface area contributed by atoms with Crippen LogP contribution in [0.3, 0.4) is 0 Å². The van der Waals surface area contributed by atoms with Crippen LogP contribution < -0.4 is 5.73 Å². The fourth-order valence-corrected chi connectivity index (χ4v) is 1.59. The highest BCUT2D eigenvalue weighted by molar-refractivity contribution is 6.30. The number of nitrogens with two attached hydrogens (primary N) is 1. The van der Waals surface area contributed by atoms with Crippen LogP contribution in [0.5, 0.6) is 5.75 Å². The second-order valence-electron chi connectivity index (χ2n) is 3.04. The monoisotopic (exact) mass is 215 g/mol. The molecular formula is C10H14ClNO2. The molecule has 0 saturated heterocycles. The lowest BCUT2D eigenvalue weighted by Gasteiger charge is -2.09. The summed E-state index contributed by atoms with van der Waals surface area (Å²) in [7, 11) is 1.57. The third-order valence-electron chi connectivity index (χ3n) is 1.95. The van der Waals surface area contributed by atoms with E-state index in [2.05, 4.69) is 0 Å². The summed E-state index contributed by atoms with van der Waals surface area (Å²) in [4.78, 5) is 0. The van der Waals surface area contributed by atoms with E-state index in [1.54, 1.807) is 19.2 Å². The lowest BCUT2D eigenvalue weighted by molar-refractivity contribution is 0.182. The Labute approximate surface area is 88.4 Å². The topological polar surface area (TPSA) is 55.5 Å². The summed E-state index contributed by atoms with van der Waals surface area (Å²) in [6.45, 7) is 0.838. The number of ether oxygens (including phenoxy) is 1. The summed E-state index contributed by atoms with van der Waals surface area (Å²) < 4.78 is 4.95. The summed E-state index contributed by atoms with van der Waals surface area (Å²) in [6.07, 6.45) is 0.614. The molecule has 1 aromatic carbocycles. The first kappa shape index (κ1) is 11.3. The molecule has 0 aliphatic carbocycles. The van der Waals surface area contributed by atoms with Gasteiger partial charge in [-0.05, 0) is 30.7 Å². The maximum Gasteiger partial charge on any atom is 0.124 e. The molecule has 0 saturated carbocycles. The molecule has 78 valence electrons. The average Bonchev–Trinajstić information content (AvgIpc) is 2.14. The number of hydrogen-bond acceptors (Lipinski definition) is 3. The number of benzene rings is 1. The van der Waals surface area contributed by atoms with Gasteiger partial charge in [-0.25, -0.2) is 0 Å². The van der Waals surface area contributed by atoms with Gasteiger partial charge in [0, 0.05) is 17.7 Å². The zero-order chi connectivity index (χ0) is 10.6. The minimum Gasteiger partial charge on any atom is -0.507 e. The van der Waals surface area contributed by atoms with Gasteiger partial charge < -0.3 is 15.6 Å². The van der Waals surface area contributed by atoms with Gasteiger partial charge in [-0.2, -0.15) is 0 Å². The first-order valence-corrected chi connectivity index (χ1v) is 4.76. The van der Waals surface area contributed by atoms with Crippen molar-refractivity contribution >= 4 is 11.6 Å². The molecule has 1 rings (SSSR count). The van der Waals surface area contributed by atoms with E-state index in [4.69, 9.17) is 22.1 Å². The van der Waals surface area contributed by atoms with E-state index in [1.165, 1.54) is 0 Å². The van der Waals surface area contributed by atoms with Gasteiger partial charge >= 0.3 is 0 Å². The SMILES string of the molecule is COCc1cc(Cl)cc(CCN)c1O. The Morgan fingerprint density at radius 2 is 2.07 bits per heavy atom. The van der Waals surface area contributed by atoms with Crippen LogP contribution in [0.15, 0.2) is 12.1 Å². The largest absolute Gasteiger partial charge is 0.507 e. The van der Waals surface area contributed by atoms with Gasteiger partial charge in [0.05, 0.1) is 6.61 Å². The Morgan fingerprint density at radius 1 is 1.43 bits per heavy atom. The second kappa shape index (κ2) is 5.20. The van der Waals surface area contributed by atoms with Crippen molar-refractivity contribution in [2.75, 3.05) is 13.7 Å². The van der Waals surface area contributed by atoms with Crippen LogP contribution in [0.4, 0.5) is 0 Å². The highest BCUT2D eigenvalue weighted by atomic mass is 35.5. The predicted octanol–water partition coefficient (Wildman–Crippen LogP) is 1.69. The number of aromatic hydroxyl groups is 1. The van der Waals surface area contributed by atoms with Gasteiger partial charge in [-0.1, -0.05) is 11.6 Å². The number of phenolic OH excluding ortho intramolecular Hbond substituents is 1. The van der Waals surface area contributed by atoms with Gasteiger partial charge in [0.15, 0.2) is 0 Å². The molecule has 0 aliphatic rings. The summed E-state index contributed by atoms with van der Waals surface area (Å²) >= 11 is 5.89. The van der Waals surface area contributed by atoms with Gasteiger partial charge in [0.25, 0.3) is 0 Å². The van der Waals surface area contributed by atoms with E-state index >= 15 is 0 Å². The molecule has 1 aromatic rings. The van der Waals surface area contributed by atoms with Gasteiger partial charge in [-0.3, -0.25) is 0 Å². The predicted molar refractivity (Wildman–Crippen MR) is 56.6 cm³/mol. The highest BCUT2D eigenvalue weighted by Crippen LogP contribution is 2.27. The van der Waals surface area contributed by atoms with E-state index < -0.39 is 0 Å². The molecule has 0 aliphatic heterocycles. The summed E-state index contributed by atoms with van der Waals surface area (Å²) in [6, 6.07) is 3.42. The van der Waals surface area contributed by atoms with E-state index in [-0.39, 0.29) is 5.75 Å². The van der Waals surface area contributed by atoms with Crippen molar-refractivity contribution in [1.82, 2.24) is 0 Å². The number of rotatable bonds is 4. The van der Waals surface area contributed by atoms with Crippen LogP contribution in [0.25, 0.3) is 0 Å². The maximum atomic E-state index is 9.78. The number of halogens is 1. The Morgan fingerprint density at radius 3 is 2.64 bits per heavy atom. The summed E-state index contributed by atoms with van der Waals surface area (Å²) in [5.41, 5.74) is 6.89. The molecule has 0 bridgehead atoms. The van der Waals surface area contributed by atoms with Crippen molar-refractivity contribution < 1.29 is 9.84 Å². The third kappa shape index (κ3) is 2.61. The molecule has 3 N–H and O–H groups in total. The molecule has 0 amide bonds. The molecule has 0 spiro atoms. The third-order valence-corrected chi connectivity index (χ3v) is 2.16. The van der Waals surface area contributed by atoms with Crippen LogP contribution in [0.1, 0.15) is 11.1 Å². The van der Waals surface area contributed by atoms with Crippen LogP contribution in [0.2, 0.25) is 5.02 Å². The molecule has 4 heteroatoms. The fourth-order valence-electron chi connectivity index (χ4n) is 1.33. The average molecular weight is 216 g/mol. The molecule has 14 heavy (non-hydrogen) atoms. The number of hydrogen-bond donors (Lipinski definition) is 2. The highest BCUT2D eigenvalue weighted by Gasteiger charge is 2.08. The molecule has 0 radical (unpaired) electrons. The second-order valence-corrected chi connectivity index (χ2v) is 3.48. The molecule has 0 aromatic heterocycles. The van der Waals surface area contributed by atoms with Crippen molar-refractivity contribution in [1.29, 1.82) is 0 Å². The first-order chi connectivity index (χ1) is 6.69. The molecular weight excluding hydrogens is 202 g/mol. The summed E-state index contributed by atoms with van der Waals surface area (Å²) in [5, 5.41) is 10.4. The van der Waals surface area contributed by atoms with E-state index in [1.807, 2.05) is 0 Å². The van der Waals surface area contributed by atoms with Crippen LogP contribution in [0, 0.1) is 0 Å². The zero-order valence-corrected chi connectivity index (χ0v) is 8.84. The van der Waals surface area contributed by atoms with Crippen LogP contribution in [-0.4, -0.2) is 18.8 Å². The maximum absolute atomic E-state index is 9.78. The molecule has 0 heterocycles. The number of methoxy groups -OCH3 is 1. The molecule has 0 fully saturated rings. The summed E-state index contributed by atoms with van der Waals surface area (Å²) in [5.74, 6) is 0.238. The van der Waals surface area contributed by atoms with Crippen molar-refractivity contribution in [2.24, 2.45) is 5.73 Å². The van der Waals surface area contributed by atoms with Crippen LogP contribution in [-0.2, 0) is 17.8 Å². The lowest BCUT2D eigenvalue weighted by Crippen LogP contribution is -2.04. The van der Waals surface area contributed by atoms with Crippen molar-refractivity contribution in [3.05, 3.63) is 28.3 Å². The first-order valence-electron chi connectivity index (χ1n) is 4.38. The minimum absolute atomic E-state index is 0.238. The fraction of sp³-hybridized carbons (Fsp3) is 0.400. The van der Waals surface area contributed by atoms with Crippen LogP contribution >= 0.6 is 11.6 Å². The van der Waals surface area contributed by atoms with Crippen molar-refractivity contribution in [3.63, 3.8) is 0 Å². The Balaban J connectivity index is 3.04. The Bertz CT molecular complexity index is 288. The normalized spacial score (nSPS) is 10.5. The zero-order valence-electron chi connectivity index (χ0n) is 8.09. The van der Waals surface area contributed by atoms with Crippen molar-refractivity contribution in [2.45, 2.75) is 13.0 Å². The number of phenols is 1. The smallest absolute Gasteiger partial charge is 0.124 e. The van der Waals surface area contributed by atoms with E-state index in [9.17, 15) is 5.11 Å².